The van der Waals surface area contributed by atoms with Gasteiger partial charge in [-0.1, -0.05) is 24.3 Å². The van der Waals surface area contributed by atoms with Crippen LogP contribution in [0.15, 0.2) is 71.9 Å². The minimum absolute atomic E-state index is 0.290. The number of hydrogen-bond acceptors (Lipinski definition) is 8. The van der Waals surface area contributed by atoms with E-state index >= 15 is 4.39 Å². The van der Waals surface area contributed by atoms with Crippen LogP contribution in [0.5, 0.6) is 0 Å². The second-order valence-electron chi connectivity index (χ2n) is 9.93. The largest absolute Gasteiger partial charge is 0.378 e. The van der Waals surface area contributed by atoms with Gasteiger partial charge in [-0.05, 0) is 37.3 Å². The molecule has 0 atom stereocenters. The zero-order valence-electron chi connectivity index (χ0n) is 22.3. The SMILES string of the molecule is Cc1c(N2CCN(S(=O)(=O)c3ccccc3)CC2)nc2cccc(F)c2c1Nc1cncc(N2CCOCC2)c1. The molecule has 9 nitrogen and oxygen atoms in total. The van der Waals surface area contributed by atoms with Crippen LogP contribution in [0, 0.1) is 12.7 Å². The van der Waals surface area contributed by atoms with Gasteiger partial charge in [-0.3, -0.25) is 4.98 Å². The van der Waals surface area contributed by atoms with Crippen molar-refractivity contribution in [2.75, 3.05) is 67.6 Å². The summed E-state index contributed by atoms with van der Waals surface area (Å²) in [6, 6.07) is 15.4. The number of ether oxygens (including phenoxy) is 1. The van der Waals surface area contributed by atoms with E-state index in [9.17, 15) is 8.42 Å². The van der Waals surface area contributed by atoms with Crippen molar-refractivity contribution < 1.29 is 17.5 Å². The lowest BCUT2D eigenvalue weighted by atomic mass is 10.1. The third kappa shape index (κ3) is 5.07. The van der Waals surface area contributed by atoms with Crippen molar-refractivity contribution in [3.05, 3.63) is 78.4 Å². The van der Waals surface area contributed by atoms with Gasteiger partial charge in [-0.25, -0.2) is 17.8 Å². The summed E-state index contributed by atoms with van der Waals surface area (Å²) < 4.78 is 48.5. The average Bonchev–Trinajstić information content (AvgIpc) is 2.99. The Bertz CT molecular complexity index is 1620. The monoisotopic (exact) mass is 562 g/mol. The molecule has 4 heterocycles. The molecule has 2 saturated heterocycles. The Balaban J connectivity index is 1.30. The first-order valence-corrected chi connectivity index (χ1v) is 14.8. The quantitative estimate of drug-likeness (QED) is 0.375. The van der Waals surface area contributed by atoms with Crippen LogP contribution in [0.1, 0.15) is 5.56 Å². The molecule has 208 valence electrons. The molecule has 4 aromatic rings. The number of piperazine rings is 1. The van der Waals surface area contributed by atoms with Crippen molar-refractivity contribution in [3.63, 3.8) is 0 Å². The summed E-state index contributed by atoms with van der Waals surface area (Å²) in [6.45, 7) is 6.41. The summed E-state index contributed by atoms with van der Waals surface area (Å²) in [7, 11) is -3.57. The van der Waals surface area contributed by atoms with Crippen LogP contribution < -0.4 is 15.1 Å². The number of aromatic nitrogens is 2. The molecule has 6 rings (SSSR count). The molecule has 0 amide bonds. The number of fused-ring (bicyclic) bond motifs is 1. The number of anilines is 4. The molecule has 2 fully saturated rings. The van der Waals surface area contributed by atoms with Crippen LogP contribution in [-0.4, -0.2) is 75.2 Å². The van der Waals surface area contributed by atoms with E-state index in [1.54, 1.807) is 48.7 Å². The Hall–Kier alpha value is -3.80. The highest BCUT2D eigenvalue weighted by Gasteiger charge is 2.30. The maximum Gasteiger partial charge on any atom is 0.243 e. The number of morpholine rings is 1. The first-order valence-electron chi connectivity index (χ1n) is 13.4. The van der Waals surface area contributed by atoms with Gasteiger partial charge in [0.2, 0.25) is 10.0 Å². The lowest BCUT2D eigenvalue weighted by Gasteiger charge is -2.36. The fraction of sp³-hybridized carbons (Fsp3) is 0.310. The van der Waals surface area contributed by atoms with Gasteiger partial charge < -0.3 is 19.9 Å². The summed E-state index contributed by atoms with van der Waals surface area (Å²) in [5.74, 6) is 0.341. The van der Waals surface area contributed by atoms with Gasteiger partial charge in [-0.2, -0.15) is 4.31 Å². The number of sulfonamides is 1. The van der Waals surface area contributed by atoms with Gasteiger partial charge in [0.05, 0.1) is 58.5 Å². The average molecular weight is 563 g/mol. The van der Waals surface area contributed by atoms with Gasteiger partial charge in [0, 0.05) is 44.8 Å². The zero-order valence-corrected chi connectivity index (χ0v) is 23.1. The van der Waals surface area contributed by atoms with Crippen LogP contribution in [0.25, 0.3) is 10.9 Å². The van der Waals surface area contributed by atoms with Crippen molar-refractivity contribution in [2.45, 2.75) is 11.8 Å². The Morgan fingerprint density at radius 3 is 2.40 bits per heavy atom. The molecule has 0 radical (unpaired) electrons. The van der Waals surface area contributed by atoms with Crippen LogP contribution >= 0.6 is 0 Å². The topological polar surface area (TPSA) is 90.9 Å². The van der Waals surface area contributed by atoms with Gasteiger partial charge in [-0.15, -0.1) is 0 Å². The van der Waals surface area contributed by atoms with Crippen molar-refractivity contribution in [2.24, 2.45) is 0 Å². The molecule has 0 unspecified atom stereocenters. The van der Waals surface area contributed by atoms with Gasteiger partial charge in [0.15, 0.2) is 0 Å². The summed E-state index contributed by atoms with van der Waals surface area (Å²) in [4.78, 5) is 13.8. The van der Waals surface area contributed by atoms with E-state index in [0.29, 0.717) is 66.7 Å². The van der Waals surface area contributed by atoms with Crippen LogP contribution in [0.4, 0.5) is 27.3 Å². The highest BCUT2D eigenvalue weighted by atomic mass is 32.2. The molecule has 0 spiro atoms. The molecule has 2 aromatic heterocycles. The van der Waals surface area contributed by atoms with E-state index in [1.165, 1.54) is 10.4 Å². The minimum Gasteiger partial charge on any atom is -0.378 e. The van der Waals surface area contributed by atoms with Gasteiger partial charge >= 0.3 is 0 Å². The number of halogens is 1. The van der Waals surface area contributed by atoms with E-state index < -0.39 is 10.0 Å². The second-order valence-corrected chi connectivity index (χ2v) is 11.9. The van der Waals surface area contributed by atoms with Crippen LogP contribution in [0.3, 0.4) is 0 Å². The number of nitrogens with zero attached hydrogens (tertiary/aromatic N) is 5. The van der Waals surface area contributed by atoms with Crippen LogP contribution in [0.2, 0.25) is 0 Å². The molecule has 2 aliphatic rings. The van der Waals surface area contributed by atoms with Gasteiger partial charge in [0.25, 0.3) is 0 Å². The van der Waals surface area contributed by atoms with E-state index in [2.05, 4.69) is 20.1 Å². The number of rotatable bonds is 6. The maximum atomic E-state index is 15.2. The third-order valence-corrected chi connectivity index (χ3v) is 9.38. The molecule has 0 bridgehead atoms. The molecule has 11 heteroatoms. The van der Waals surface area contributed by atoms with Crippen molar-refractivity contribution in [1.82, 2.24) is 14.3 Å². The smallest absolute Gasteiger partial charge is 0.243 e. The van der Waals surface area contributed by atoms with E-state index in [-0.39, 0.29) is 5.82 Å². The molecule has 2 aliphatic heterocycles. The highest BCUT2D eigenvalue weighted by Crippen LogP contribution is 2.37. The third-order valence-electron chi connectivity index (χ3n) is 7.47. The fourth-order valence-corrected chi connectivity index (χ4v) is 6.77. The number of nitrogens with one attached hydrogen (secondary N) is 1. The molecule has 1 N–H and O–H groups in total. The fourth-order valence-electron chi connectivity index (χ4n) is 5.33. The number of hydrogen-bond donors (Lipinski definition) is 1. The standard InChI is InChI=1S/C29H31FN6O3S/c1-21-28(32-22-18-23(20-31-19-22)34-14-16-39-17-15-34)27-25(30)8-5-9-26(27)33-29(21)35-10-12-36(13-11-35)40(37,38)24-6-3-2-4-7-24/h2-9,18-20H,10-17H2,1H3,(H,32,33). The Labute approximate surface area is 233 Å². The molecule has 0 aliphatic carbocycles. The molecule has 0 saturated carbocycles. The lowest BCUT2D eigenvalue weighted by molar-refractivity contribution is 0.122. The first kappa shape index (κ1) is 26.4. The van der Waals surface area contributed by atoms with Gasteiger partial charge in [0.1, 0.15) is 11.6 Å². The predicted octanol–water partition coefficient (Wildman–Crippen LogP) is 4.17. The van der Waals surface area contributed by atoms with Crippen molar-refractivity contribution in [1.29, 1.82) is 0 Å². The van der Waals surface area contributed by atoms with Crippen LogP contribution in [-0.2, 0) is 14.8 Å². The minimum atomic E-state index is -3.57. The highest BCUT2D eigenvalue weighted by molar-refractivity contribution is 7.89. The Morgan fingerprint density at radius 1 is 0.900 bits per heavy atom. The molecule has 2 aromatic carbocycles. The summed E-state index contributed by atoms with van der Waals surface area (Å²) in [5, 5.41) is 3.84. The molecule has 40 heavy (non-hydrogen) atoms. The Kier molecular flexibility index (Phi) is 7.26. The molecular weight excluding hydrogens is 531 g/mol. The Morgan fingerprint density at radius 2 is 1.65 bits per heavy atom. The van der Waals surface area contributed by atoms with E-state index in [1.807, 2.05) is 19.2 Å². The lowest BCUT2D eigenvalue weighted by Crippen LogP contribution is -2.49. The zero-order chi connectivity index (χ0) is 27.7. The molecular formula is C29H31FN6O3S. The van der Waals surface area contributed by atoms with Crippen molar-refractivity contribution in [3.8, 4) is 0 Å². The normalized spacial score (nSPS) is 16.9. The second kappa shape index (κ2) is 11.0. The summed E-state index contributed by atoms with van der Waals surface area (Å²) in [5.41, 5.74) is 3.65. The van der Waals surface area contributed by atoms with Crippen molar-refractivity contribution >= 4 is 43.8 Å². The maximum absolute atomic E-state index is 15.2. The predicted molar refractivity (Wildman–Crippen MR) is 154 cm³/mol. The first-order chi connectivity index (χ1) is 19.4. The number of benzene rings is 2. The van der Waals surface area contributed by atoms with E-state index in [4.69, 9.17) is 9.72 Å². The summed E-state index contributed by atoms with van der Waals surface area (Å²) in [6.07, 6.45) is 3.55. The van der Waals surface area contributed by atoms with E-state index in [0.717, 1.165) is 30.0 Å². The number of pyridine rings is 2. The summed E-state index contributed by atoms with van der Waals surface area (Å²) >= 11 is 0.